The van der Waals surface area contributed by atoms with Gasteiger partial charge in [0.05, 0.1) is 13.1 Å². The zero-order chi connectivity index (χ0) is 20.1. The lowest BCUT2D eigenvalue weighted by molar-refractivity contribution is 0.295. The van der Waals surface area contributed by atoms with Crippen LogP contribution in [0.3, 0.4) is 0 Å². The summed E-state index contributed by atoms with van der Waals surface area (Å²) < 4.78 is 11.2. The number of ether oxygens (including phenoxy) is 1. The predicted octanol–water partition coefficient (Wildman–Crippen LogP) is 3.66. The van der Waals surface area contributed by atoms with Crippen molar-refractivity contribution in [2.75, 3.05) is 7.05 Å². The Balaban J connectivity index is 1.62. The lowest BCUT2D eigenvalue weighted by Crippen LogP contribution is -2.18. The molecule has 0 fully saturated rings. The largest absolute Gasteiger partial charge is 0.488 e. The Morgan fingerprint density at radius 3 is 2.29 bits per heavy atom. The maximum atomic E-state index is 6.11. The fourth-order valence-electron chi connectivity index (χ4n) is 3.24. The molecule has 3 aromatic rings. The molecular formula is C22H28N4O2. The molecule has 28 heavy (non-hydrogen) atoms. The van der Waals surface area contributed by atoms with Crippen LogP contribution >= 0.6 is 0 Å². The van der Waals surface area contributed by atoms with E-state index in [0.717, 1.165) is 23.4 Å². The number of hydrogen-bond acceptors (Lipinski definition) is 6. The third kappa shape index (κ3) is 5.18. The summed E-state index contributed by atoms with van der Waals surface area (Å²) in [6, 6.07) is 12.8. The Labute approximate surface area is 166 Å². The molecule has 0 saturated carbocycles. The minimum absolute atomic E-state index is 0.263. The number of rotatable bonds is 8. The van der Waals surface area contributed by atoms with Crippen LogP contribution in [0.15, 0.2) is 40.9 Å². The Hall–Kier alpha value is -2.70. The average molecular weight is 380 g/mol. The summed E-state index contributed by atoms with van der Waals surface area (Å²) in [6.07, 6.45) is 0. The Morgan fingerprint density at radius 1 is 1.00 bits per heavy atom. The molecule has 148 valence electrons. The summed E-state index contributed by atoms with van der Waals surface area (Å²) in [5, 5.41) is 3.95. The number of aryl methyl sites for hydroxylation is 3. The zero-order valence-corrected chi connectivity index (χ0v) is 17.0. The maximum absolute atomic E-state index is 6.11. The van der Waals surface area contributed by atoms with Gasteiger partial charge in [0.2, 0.25) is 5.89 Å². The summed E-state index contributed by atoms with van der Waals surface area (Å²) in [7, 11) is 2.03. The molecule has 1 aromatic heterocycles. The van der Waals surface area contributed by atoms with Gasteiger partial charge in [-0.25, -0.2) is 0 Å². The van der Waals surface area contributed by atoms with Gasteiger partial charge in [0.25, 0.3) is 0 Å². The zero-order valence-electron chi connectivity index (χ0n) is 17.0. The molecule has 2 aromatic carbocycles. The van der Waals surface area contributed by atoms with E-state index in [4.69, 9.17) is 15.0 Å². The van der Waals surface area contributed by atoms with E-state index in [-0.39, 0.29) is 6.54 Å². The van der Waals surface area contributed by atoms with Crippen LogP contribution in [0.1, 0.15) is 39.5 Å². The highest BCUT2D eigenvalue weighted by atomic mass is 16.5. The molecule has 0 radical (unpaired) electrons. The molecule has 0 atom stereocenters. The van der Waals surface area contributed by atoms with Gasteiger partial charge >= 0.3 is 0 Å². The van der Waals surface area contributed by atoms with E-state index >= 15 is 0 Å². The third-order valence-corrected chi connectivity index (χ3v) is 4.57. The molecule has 3 rings (SSSR count). The summed E-state index contributed by atoms with van der Waals surface area (Å²) in [6.45, 7) is 8.49. The minimum atomic E-state index is 0.263. The van der Waals surface area contributed by atoms with Crippen LogP contribution in [0.4, 0.5) is 0 Å². The predicted molar refractivity (Wildman–Crippen MR) is 109 cm³/mol. The average Bonchev–Trinajstić information content (AvgIpc) is 3.10. The van der Waals surface area contributed by atoms with E-state index in [1.165, 1.54) is 16.7 Å². The van der Waals surface area contributed by atoms with E-state index in [0.29, 0.717) is 24.9 Å². The van der Waals surface area contributed by atoms with Gasteiger partial charge < -0.3 is 15.0 Å². The highest BCUT2D eigenvalue weighted by molar-refractivity contribution is 5.43. The molecule has 0 amide bonds. The van der Waals surface area contributed by atoms with E-state index in [9.17, 15) is 0 Å². The molecule has 0 spiro atoms. The number of hydrogen-bond donors (Lipinski definition) is 1. The molecule has 0 unspecified atom stereocenters. The smallest absolute Gasteiger partial charge is 0.240 e. The topological polar surface area (TPSA) is 77.4 Å². The Bertz CT molecular complexity index is 896. The molecule has 6 heteroatoms. The molecule has 2 N–H and O–H groups in total. The number of nitrogens with two attached hydrogens (primary N) is 1. The van der Waals surface area contributed by atoms with Crippen molar-refractivity contribution in [3.63, 3.8) is 0 Å². The van der Waals surface area contributed by atoms with Crippen molar-refractivity contribution in [1.29, 1.82) is 0 Å². The summed E-state index contributed by atoms with van der Waals surface area (Å²) in [4.78, 5) is 6.40. The molecule has 0 aliphatic carbocycles. The van der Waals surface area contributed by atoms with Crippen molar-refractivity contribution in [3.05, 3.63) is 75.9 Å². The minimum Gasteiger partial charge on any atom is -0.488 e. The molecule has 0 aliphatic heterocycles. The Kier molecular flexibility index (Phi) is 6.44. The highest BCUT2D eigenvalue weighted by Gasteiger charge is 2.11. The van der Waals surface area contributed by atoms with E-state index in [1.54, 1.807) is 0 Å². The number of aromatic nitrogens is 2. The van der Waals surface area contributed by atoms with Crippen LogP contribution in [-0.4, -0.2) is 22.1 Å². The Morgan fingerprint density at radius 2 is 1.68 bits per heavy atom. The van der Waals surface area contributed by atoms with Gasteiger partial charge in [-0.1, -0.05) is 47.1 Å². The van der Waals surface area contributed by atoms with Crippen LogP contribution in [0.25, 0.3) is 0 Å². The third-order valence-electron chi connectivity index (χ3n) is 4.57. The number of nitrogens with zero attached hydrogens (tertiary/aromatic N) is 3. The van der Waals surface area contributed by atoms with Crippen LogP contribution in [0, 0.1) is 20.8 Å². The fraction of sp³-hybridized carbons (Fsp3) is 0.364. The first-order valence-corrected chi connectivity index (χ1v) is 9.43. The standard InChI is InChI=1S/C22H28N4O2/c1-15-5-7-18(8-6-15)14-27-22-16(2)9-19(10-17(22)3)12-26(4)13-20-24-21(11-23)28-25-20/h5-10H,11-14,23H2,1-4H3. The van der Waals surface area contributed by atoms with Gasteiger partial charge in [0.15, 0.2) is 5.82 Å². The molecule has 0 bridgehead atoms. The van der Waals surface area contributed by atoms with Crippen molar-refractivity contribution in [2.45, 2.75) is 47.0 Å². The van der Waals surface area contributed by atoms with Crippen molar-refractivity contribution < 1.29 is 9.26 Å². The second kappa shape index (κ2) is 8.99. The van der Waals surface area contributed by atoms with Gasteiger partial charge in [-0.2, -0.15) is 4.98 Å². The molecule has 6 nitrogen and oxygen atoms in total. The normalized spacial score (nSPS) is 11.2. The SMILES string of the molecule is Cc1ccc(COc2c(C)cc(CN(C)Cc3noc(CN)n3)cc2C)cc1. The van der Waals surface area contributed by atoms with E-state index < -0.39 is 0 Å². The molecule has 0 saturated heterocycles. The van der Waals surface area contributed by atoms with E-state index in [2.05, 4.69) is 72.2 Å². The fourth-order valence-corrected chi connectivity index (χ4v) is 3.24. The highest BCUT2D eigenvalue weighted by Crippen LogP contribution is 2.26. The van der Waals surface area contributed by atoms with Crippen molar-refractivity contribution in [1.82, 2.24) is 15.0 Å². The summed E-state index contributed by atoms with van der Waals surface area (Å²) >= 11 is 0. The van der Waals surface area contributed by atoms with Gasteiger partial charge in [-0.3, -0.25) is 4.90 Å². The first kappa shape index (κ1) is 20.0. The van der Waals surface area contributed by atoms with Gasteiger partial charge in [-0.15, -0.1) is 0 Å². The lowest BCUT2D eigenvalue weighted by Gasteiger charge is -2.18. The molecular weight excluding hydrogens is 352 g/mol. The van der Waals surface area contributed by atoms with Crippen molar-refractivity contribution in [3.8, 4) is 5.75 Å². The molecule has 1 heterocycles. The van der Waals surface area contributed by atoms with Crippen LogP contribution < -0.4 is 10.5 Å². The first-order valence-electron chi connectivity index (χ1n) is 9.43. The second-order valence-corrected chi connectivity index (χ2v) is 7.31. The second-order valence-electron chi connectivity index (χ2n) is 7.31. The first-order chi connectivity index (χ1) is 13.4. The van der Waals surface area contributed by atoms with Crippen LogP contribution in [0.2, 0.25) is 0 Å². The van der Waals surface area contributed by atoms with Gasteiger partial charge in [0, 0.05) is 6.54 Å². The van der Waals surface area contributed by atoms with Crippen LogP contribution in [0.5, 0.6) is 5.75 Å². The van der Waals surface area contributed by atoms with Crippen molar-refractivity contribution in [2.24, 2.45) is 5.73 Å². The van der Waals surface area contributed by atoms with Crippen LogP contribution in [-0.2, 0) is 26.2 Å². The quantitative estimate of drug-likeness (QED) is 0.642. The van der Waals surface area contributed by atoms with Gasteiger partial charge in [-0.05, 0) is 50.1 Å². The van der Waals surface area contributed by atoms with Gasteiger partial charge in [0.1, 0.15) is 12.4 Å². The number of benzene rings is 2. The summed E-state index contributed by atoms with van der Waals surface area (Å²) in [5.74, 6) is 2.07. The summed E-state index contributed by atoms with van der Waals surface area (Å²) in [5.41, 5.74) is 11.4. The van der Waals surface area contributed by atoms with Crippen molar-refractivity contribution >= 4 is 0 Å². The lowest BCUT2D eigenvalue weighted by atomic mass is 10.1. The van der Waals surface area contributed by atoms with E-state index in [1.807, 2.05) is 7.05 Å². The molecule has 0 aliphatic rings. The maximum Gasteiger partial charge on any atom is 0.240 e. The monoisotopic (exact) mass is 380 g/mol.